The number of hydrogen-bond acceptors (Lipinski definition) is 2. The van der Waals surface area contributed by atoms with Gasteiger partial charge in [0.25, 0.3) is 0 Å². The minimum atomic E-state index is 0.715. The van der Waals surface area contributed by atoms with E-state index in [1.54, 1.807) is 0 Å². The Morgan fingerprint density at radius 1 is 1.13 bits per heavy atom. The van der Waals surface area contributed by atoms with Crippen LogP contribution in [0.2, 0.25) is 0 Å². The molecule has 0 atom stereocenters. The fourth-order valence-corrected chi connectivity index (χ4v) is 2.35. The maximum atomic E-state index is 4.38. The maximum Gasteiger partial charge on any atom is 0.127 e. The van der Waals surface area contributed by atoms with Crippen LogP contribution in [0.1, 0.15) is 56.8 Å². The first kappa shape index (κ1) is 10.6. The first-order chi connectivity index (χ1) is 7.29. The van der Waals surface area contributed by atoms with Gasteiger partial charge in [0.15, 0.2) is 0 Å². The molecule has 1 aromatic rings. The second kappa shape index (κ2) is 4.73. The maximum absolute atomic E-state index is 4.38. The predicted molar refractivity (Wildman–Crippen MR) is 61.8 cm³/mol. The fourth-order valence-electron chi connectivity index (χ4n) is 2.35. The quantitative estimate of drug-likeness (QED) is 0.738. The lowest BCUT2D eigenvalue weighted by atomic mass is 9.80. The van der Waals surface area contributed by atoms with Crippen molar-refractivity contribution in [2.24, 2.45) is 5.92 Å². The van der Waals surface area contributed by atoms with Gasteiger partial charge in [-0.1, -0.05) is 26.7 Å². The molecular formula is C13H20N2. The SMILES string of the molecule is CCc1ncc(C2CCC(C)CC2)cn1. The van der Waals surface area contributed by atoms with Crippen molar-refractivity contribution in [1.82, 2.24) is 9.97 Å². The van der Waals surface area contributed by atoms with Crippen LogP contribution < -0.4 is 0 Å². The van der Waals surface area contributed by atoms with Crippen LogP contribution >= 0.6 is 0 Å². The van der Waals surface area contributed by atoms with Gasteiger partial charge in [-0.25, -0.2) is 9.97 Å². The van der Waals surface area contributed by atoms with E-state index in [1.807, 2.05) is 12.4 Å². The van der Waals surface area contributed by atoms with Gasteiger partial charge < -0.3 is 0 Å². The van der Waals surface area contributed by atoms with Gasteiger partial charge in [-0.3, -0.25) is 0 Å². The van der Waals surface area contributed by atoms with Crippen LogP contribution in [0.5, 0.6) is 0 Å². The highest BCUT2D eigenvalue weighted by Crippen LogP contribution is 2.34. The van der Waals surface area contributed by atoms with Crippen LogP contribution in [-0.4, -0.2) is 9.97 Å². The molecule has 15 heavy (non-hydrogen) atoms. The zero-order valence-electron chi connectivity index (χ0n) is 9.74. The van der Waals surface area contributed by atoms with Crippen molar-refractivity contribution in [1.29, 1.82) is 0 Å². The van der Waals surface area contributed by atoms with Gasteiger partial charge in [-0.15, -0.1) is 0 Å². The van der Waals surface area contributed by atoms with E-state index >= 15 is 0 Å². The highest BCUT2D eigenvalue weighted by atomic mass is 14.9. The number of aromatic nitrogens is 2. The molecule has 0 aromatic carbocycles. The van der Waals surface area contributed by atoms with Gasteiger partial charge in [0.2, 0.25) is 0 Å². The summed E-state index contributed by atoms with van der Waals surface area (Å²) in [5, 5.41) is 0. The van der Waals surface area contributed by atoms with E-state index in [2.05, 4.69) is 23.8 Å². The van der Waals surface area contributed by atoms with E-state index in [0.717, 1.165) is 18.2 Å². The van der Waals surface area contributed by atoms with Crippen molar-refractivity contribution in [3.63, 3.8) is 0 Å². The van der Waals surface area contributed by atoms with E-state index in [0.29, 0.717) is 5.92 Å². The first-order valence-electron chi connectivity index (χ1n) is 6.10. The summed E-state index contributed by atoms with van der Waals surface area (Å²) < 4.78 is 0. The molecule has 0 bridgehead atoms. The van der Waals surface area contributed by atoms with E-state index in [9.17, 15) is 0 Å². The average Bonchev–Trinajstić information content (AvgIpc) is 2.30. The van der Waals surface area contributed by atoms with Crippen LogP contribution in [0.15, 0.2) is 12.4 Å². The van der Waals surface area contributed by atoms with Gasteiger partial charge >= 0.3 is 0 Å². The summed E-state index contributed by atoms with van der Waals surface area (Å²) >= 11 is 0. The Bertz CT molecular complexity index is 297. The molecule has 1 heterocycles. The molecule has 1 aliphatic carbocycles. The lowest BCUT2D eigenvalue weighted by Crippen LogP contribution is -2.11. The van der Waals surface area contributed by atoms with E-state index in [-0.39, 0.29) is 0 Å². The van der Waals surface area contributed by atoms with Crippen LogP contribution in [0.4, 0.5) is 0 Å². The number of hydrogen-bond donors (Lipinski definition) is 0. The lowest BCUT2D eigenvalue weighted by molar-refractivity contribution is 0.347. The third-order valence-electron chi connectivity index (χ3n) is 3.53. The normalized spacial score (nSPS) is 26.5. The van der Waals surface area contributed by atoms with Gasteiger partial charge in [-0.2, -0.15) is 0 Å². The number of aryl methyl sites for hydroxylation is 1. The third-order valence-corrected chi connectivity index (χ3v) is 3.53. The Balaban J connectivity index is 2.03. The van der Waals surface area contributed by atoms with Crippen LogP contribution in [0, 0.1) is 5.92 Å². The second-order valence-electron chi connectivity index (χ2n) is 4.74. The molecule has 0 spiro atoms. The van der Waals surface area contributed by atoms with Gasteiger partial charge in [-0.05, 0) is 30.2 Å². The van der Waals surface area contributed by atoms with E-state index < -0.39 is 0 Å². The Labute approximate surface area is 92.1 Å². The Morgan fingerprint density at radius 3 is 2.27 bits per heavy atom. The topological polar surface area (TPSA) is 25.8 Å². The predicted octanol–water partition coefficient (Wildman–Crippen LogP) is 3.33. The monoisotopic (exact) mass is 204 g/mol. The van der Waals surface area contributed by atoms with Crippen molar-refractivity contribution in [3.05, 3.63) is 23.8 Å². The number of rotatable bonds is 2. The Morgan fingerprint density at radius 2 is 1.73 bits per heavy atom. The smallest absolute Gasteiger partial charge is 0.127 e. The van der Waals surface area contributed by atoms with Crippen molar-refractivity contribution < 1.29 is 0 Å². The molecule has 0 radical (unpaired) electrons. The van der Waals surface area contributed by atoms with Crippen LogP contribution in [0.25, 0.3) is 0 Å². The summed E-state index contributed by atoms with van der Waals surface area (Å²) in [6.07, 6.45) is 10.4. The third kappa shape index (κ3) is 2.55. The molecular weight excluding hydrogens is 184 g/mol. The molecule has 0 aliphatic heterocycles. The average molecular weight is 204 g/mol. The van der Waals surface area contributed by atoms with E-state index in [1.165, 1.54) is 31.2 Å². The minimum absolute atomic E-state index is 0.715. The van der Waals surface area contributed by atoms with Gasteiger partial charge in [0, 0.05) is 18.8 Å². The van der Waals surface area contributed by atoms with Crippen molar-refractivity contribution >= 4 is 0 Å². The molecule has 0 unspecified atom stereocenters. The summed E-state index contributed by atoms with van der Waals surface area (Å²) in [7, 11) is 0. The summed E-state index contributed by atoms with van der Waals surface area (Å²) in [5.41, 5.74) is 1.35. The molecule has 0 amide bonds. The Hall–Kier alpha value is -0.920. The molecule has 1 saturated carbocycles. The molecule has 0 saturated heterocycles. The molecule has 2 nitrogen and oxygen atoms in total. The second-order valence-corrected chi connectivity index (χ2v) is 4.74. The van der Waals surface area contributed by atoms with Crippen molar-refractivity contribution in [3.8, 4) is 0 Å². The number of nitrogens with zero attached hydrogens (tertiary/aromatic N) is 2. The van der Waals surface area contributed by atoms with E-state index in [4.69, 9.17) is 0 Å². The molecule has 1 fully saturated rings. The molecule has 1 aromatic heterocycles. The highest BCUT2D eigenvalue weighted by Gasteiger charge is 2.19. The lowest BCUT2D eigenvalue weighted by Gasteiger charge is -2.25. The van der Waals surface area contributed by atoms with Crippen LogP contribution in [0.3, 0.4) is 0 Å². The highest BCUT2D eigenvalue weighted by molar-refractivity contribution is 5.12. The van der Waals surface area contributed by atoms with Gasteiger partial charge in [0.05, 0.1) is 0 Å². The fraction of sp³-hybridized carbons (Fsp3) is 0.692. The molecule has 1 aliphatic rings. The van der Waals surface area contributed by atoms with Crippen molar-refractivity contribution in [2.75, 3.05) is 0 Å². The molecule has 0 N–H and O–H groups in total. The zero-order chi connectivity index (χ0) is 10.7. The summed E-state index contributed by atoms with van der Waals surface area (Å²) in [5.74, 6) is 2.59. The summed E-state index contributed by atoms with van der Waals surface area (Å²) in [4.78, 5) is 8.76. The molecule has 82 valence electrons. The standard InChI is InChI=1S/C13H20N2/c1-3-13-14-8-12(9-15-13)11-6-4-10(2)5-7-11/h8-11H,3-7H2,1-2H3. The zero-order valence-corrected chi connectivity index (χ0v) is 9.74. The van der Waals surface area contributed by atoms with Crippen LogP contribution in [-0.2, 0) is 6.42 Å². The first-order valence-corrected chi connectivity index (χ1v) is 6.10. The molecule has 2 heteroatoms. The minimum Gasteiger partial charge on any atom is -0.241 e. The summed E-state index contributed by atoms with van der Waals surface area (Å²) in [6.45, 7) is 4.45. The Kier molecular flexibility index (Phi) is 3.34. The van der Waals surface area contributed by atoms with Crippen molar-refractivity contribution in [2.45, 2.75) is 51.9 Å². The molecule has 2 rings (SSSR count). The largest absolute Gasteiger partial charge is 0.241 e. The van der Waals surface area contributed by atoms with Gasteiger partial charge in [0.1, 0.15) is 5.82 Å². The summed E-state index contributed by atoms with van der Waals surface area (Å²) in [6, 6.07) is 0.